The lowest BCUT2D eigenvalue weighted by atomic mass is 9.91. The standard InChI is InChI=1S/C11H20F3NO2/c1-15-10-4-6-16-7-9(10)3-2-5-17-8-11(12,13)14/h9-10,15H,2-8H2,1H3. The molecule has 1 N–H and O–H groups in total. The van der Waals surface area contributed by atoms with Gasteiger partial charge in [0.2, 0.25) is 0 Å². The van der Waals surface area contributed by atoms with Gasteiger partial charge in [0, 0.05) is 19.3 Å². The molecule has 1 heterocycles. The summed E-state index contributed by atoms with van der Waals surface area (Å²) in [5.41, 5.74) is 0. The van der Waals surface area contributed by atoms with Gasteiger partial charge in [0.15, 0.2) is 0 Å². The molecule has 17 heavy (non-hydrogen) atoms. The Morgan fingerprint density at radius 3 is 2.82 bits per heavy atom. The molecule has 6 heteroatoms. The van der Waals surface area contributed by atoms with Crippen LogP contribution in [0.1, 0.15) is 19.3 Å². The Bertz CT molecular complexity index is 211. The third-order valence-electron chi connectivity index (χ3n) is 2.97. The van der Waals surface area contributed by atoms with Crippen LogP contribution in [0.2, 0.25) is 0 Å². The second-order valence-corrected chi connectivity index (χ2v) is 4.33. The summed E-state index contributed by atoms with van der Waals surface area (Å²) in [5, 5.41) is 3.22. The van der Waals surface area contributed by atoms with E-state index in [0.717, 1.165) is 19.4 Å². The van der Waals surface area contributed by atoms with Crippen LogP contribution in [0.3, 0.4) is 0 Å². The van der Waals surface area contributed by atoms with Crippen LogP contribution >= 0.6 is 0 Å². The summed E-state index contributed by atoms with van der Waals surface area (Å²) in [6.07, 6.45) is -1.78. The topological polar surface area (TPSA) is 30.5 Å². The molecule has 0 spiro atoms. The van der Waals surface area contributed by atoms with Crippen molar-refractivity contribution in [2.24, 2.45) is 5.92 Å². The predicted octanol–water partition coefficient (Wildman–Crippen LogP) is 1.97. The molecule has 0 aliphatic carbocycles. The van der Waals surface area contributed by atoms with E-state index in [2.05, 4.69) is 10.1 Å². The van der Waals surface area contributed by atoms with Crippen molar-refractivity contribution in [1.29, 1.82) is 0 Å². The van der Waals surface area contributed by atoms with Crippen LogP contribution in [0.5, 0.6) is 0 Å². The molecule has 0 aromatic heterocycles. The van der Waals surface area contributed by atoms with E-state index in [0.29, 0.717) is 25.0 Å². The lowest BCUT2D eigenvalue weighted by molar-refractivity contribution is -0.174. The van der Waals surface area contributed by atoms with Crippen molar-refractivity contribution in [3.63, 3.8) is 0 Å². The van der Waals surface area contributed by atoms with E-state index >= 15 is 0 Å². The maximum Gasteiger partial charge on any atom is 0.411 e. The zero-order valence-electron chi connectivity index (χ0n) is 10.1. The third kappa shape index (κ3) is 6.24. The maximum atomic E-state index is 11.8. The van der Waals surface area contributed by atoms with E-state index in [1.165, 1.54) is 0 Å². The number of ether oxygens (including phenoxy) is 2. The van der Waals surface area contributed by atoms with Crippen molar-refractivity contribution in [2.75, 3.05) is 33.5 Å². The van der Waals surface area contributed by atoms with Crippen LogP contribution in [0.4, 0.5) is 13.2 Å². The Kier molecular flexibility index (Phi) is 6.22. The zero-order valence-corrected chi connectivity index (χ0v) is 10.1. The quantitative estimate of drug-likeness (QED) is 0.736. The minimum Gasteiger partial charge on any atom is -0.381 e. The molecule has 1 fully saturated rings. The van der Waals surface area contributed by atoms with Crippen LogP contribution < -0.4 is 5.32 Å². The van der Waals surface area contributed by atoms with E-state index in [9.17, 15) is 13.2 Å². The van der Waals surface area contributed by atoms with Gasteiger partial charge in [-0.15, -0.1) is 0 Å². The van der Waals surface area contributed by atoms with Crippen LogP contribution in [0, 0.1) is 5.92 Å². The first-order valence-corrected chi connectivity index (χ1v) is 5.92. The minimum absolute atomic E-state index is 0.159. The first-order chi connectivity index (χ1) is 8.03. The van der Waals surface area contributed by atoms with Crippen molar-refractivity contribution in [3.05, 3.63) is 0 Å². The summed E-state index contributed by atoms with van der Waals surface area (Å²) >= 11 is 0. The molecule has 1 aliphatic heterocycles. The number of hydrogen-bond donors (Lipinski definition) is 1. The Hall–Kier alpha value is -0.330. The molecule has 0 saturated carbocycles. The Balaban J connectivity index is 2.08. The van der Waals surface area contributed by atoms with E-state index < -0.39 is 12.8 Å². The van der Waals surface area contributed by atoms with Crippen molar-refractivity contribution < 1.29 is 22.6 Å². The number of alkyl halides is 3. The second-order valence-electron chi connectivity index (χ2n) is 4.33. The van der Waals surface area contributed by atoms with Crippen LogP contribution in [-0.2, 0) is 9.47 Å². The first kappa shape index (κ1) is 14.7. The van der Waals surface area contributed by atoms with Crippen LogP contribution in [0.25, 0.3) is 0 Å². The van der Waals surface area contributed by atoms with Gasteiger partial charge in [-0.3, -0.25) is 0 Å². The highest BCUT2D eigenvalue weighted by molar-refractivity contribution is 4.78. The van der Waals surface area contributed by atoms with Gasteiger partial charge in [-0.25, -0.2) is 0 Å². The summed E-state index contributed by atoms with van der Waals surface area (Å²) in [5.74, 6) is 0.378. The monoisotopic (exact) mass is 255 g/mol. The molecule has 3 nitrogen and oxygen atoms in total. The molecule has 2 unspecified atom stereocenters. The Labute approximate surface area is 99.7 Å². The predicted molar refractivity (Wildman–Crippen MR) is 57.9 cm³/mol. The Morgan fingerprint density at radius 2 is 2.18 bits per heavy atom. The minimum atomic E-state index is -4.22. The maximum absolute atomic E-state index is 11.8. The lowest BCUT2D eigenvalue weighted by Crippen LogP contribution is -2.40. The van der Waals surface area contributed by atoms with E-state index in [-0.39, 0.29) is 6.61 Å². The first-order valence-electron chi connectivity index (χ1n) is 5.92. The molecule has 2 atom stereocenters. The highest BCUT2D eigenvalue weighted by Crippen LogP contribution is 2.20. The van der Waals surface area contributed by atoms with Gasteiger partial charge < -0.3 is 14.8 Å². The summed E-state index contributed by atoms with van der Waals surface area (Å²) in [7, 11) is 1.91. The smallest absolute Gasteiger partial charge is 0.381 e. The van der Waals surface area contributed by atoms with E-state index in [1.54, 1.807) is 0 Å². The van der Waals surface area contributed by atoms with Crippen molar-refractivity contribution in [3.8, 4) is 0 Å². The van der Waals surface area contributed by atoms with Gasteiger partial charge in [0.1, 0.15) is 6.61 Å². The van der Waals surface area contributed by atoms with Crippen LogP contribution in [-0.4, -0.2) is 45.7 Å². The van der Waals surface area contributed by atoms with Crippen molar-refractivity contribution in [2.45, 2.75) is 31.5 Å². The molecule has 0 radical (unpaired) electrons. The molecule has 1 aliphatic rings. The average Bonchev–Trinajstić information content (AvgIpc) is 2.27. The number of hydrogen-bond acceptors (Lipinski definition) is 3. The molecular weight excluding hydrogens is 235 g/mol. The van der Waals surface area contributed by atoms with Gasteiger partial charge in [0.05, 0.1) is 6.61 Å². The van der Waals surface area contributed by atoms with Gasteiger partial charge in [-0.1, -0.05) is 0 Å². The van der Waals surface area contributed by atoms with Gasteiger partial charge in [-0.2, -0.15) is 13.2 Å². The molecule has 102 valence electrons. The normalized spacial score (nSPS) is 26.1. The Morgan fingerprint density at radius 1 is 1.41 bits per heavy atom. The fourth-order valence-corrected chi connectivity index (χ4v) is 2.10. The zero-order chi connectivity index (χ0) is 12.7. The highest BCUT2D eigenvalue weighted by atomic mass is 19.4. The molecule has 0 bridgehead atoms. The molecule has 0 amide bonds. The average molecular weight is 255 g/mol. The number of rotatable bonds is 6. The third-order valence-corrected chi connectivity index (χ3v) is 2.97. The van der Waals surface area contributed by atoms with Crippen molar-refractivity contribution in [1.82, 2.24) is 5.32 Å². The van der Waals surface area contributed by atoms with Gasteiger partial charge >= 0.3 is 6.18 Å². The van der Waals surface area contributed by atoms with Crippen molar-refractivity contribution >= 4 is 0 Å². The van der Waals surface area contributed by atoms with E-state index in [4.69, 9.17) is 4.74 Å². The molecule has 1 rings (SSSR count). The summed E-state index contributed by atoms with van der Waals surface area (Å²) in [4.78, 5) is 0. The molecule has 1 saturated heterocycles. The second kappa shape index (κ2) is 7.18. The van der Waals surface area contributed by atoms with Gasteiger partial charge in [-0.05, 0) is 32.2 Å². The number of nitrogens with one attached hydrogen (secondary N) is 1. The van der Waals surface area contributed by atoms with Gasteiger partial charge in [0.25, 0.3) is 0 Å². The molecular formula is C11H20F3NO2. The summed E-state index contributed by atoms with van der Waals surface area (Å²) < 4.78 is 45.3. The fourth-order valence-electron chi connectivity index (χ4n) is 2.10. The fraction of sp³-hybridized carbons (Fsp3) is 1.00. The largest absolute Gasteiger partial charge is 0.411 e. The summed E-state index contributed by atoms with van der Waals surface area (Å²) in [6, 6.07) is 0.409. The SMILES string of the molecule is CNC1CCOCC1CCCOCC(F)(F)F. The van der Waals surface area contributed by atoms with E-state index in [1.807, 2.05) is 7.05 Å². The van der Waals surface area contributed by atoms with Crippen LogP contribution in [0.15, 0.2) is 0 Å². The summed E-state index contributed by atoms with van der Waals surface area (Å²) in [6.45, 7) is 0.452. The highest BCUT2D eigenvalue weighted by Gasteiger charge is 2.27. The molecule has 0 aromatic carbocycles. The number of halogens is 3. The molecule has 0 aromatic rings. The lowest BCUT2D eigenvalue weighted by Gasteiger charge is -2.31.